The molecule has 0 N–H and O–H groups in total. The predicted octanol–water partition coefficient (Wildman–Crippen LogP) is 2.59. The molecule has 2 heteroatoms. The Labute approximate surface area is 95.6 Å². The molecular weight excluding hydrogens is 184 g/mol. The van der Waals surface area contributed by atoms with Crippen LogP contribution in [0.3, 0.4) is 0 Å². The van der Waals surface area contributed by atoms with Gasteiger partial charge < -0.3 is 4.90 Å². The highest BCUT2D eigenvalue weighted by Crippen LogP contribution is 2.19. The topological polar surface area (TPSA) is 6.48 Å². The Morgan fingerprint density at radius 2 is 1.93 bits per heavy atom. The molecule has 0 amide bonds. The van der Waals surface area contributed by atoms with E-state index in [0.717, 1.165) is 12.1 Å². The van der Waals surface area contributed by atoms with Gasteiger partial charge in [0.25, 0.3) is 0 Å². The lowest BCUT2D eigenvalue weighted by Gasteiger charge is -2.44. The van der Waals surface area contributed by atoms with E-state index in [2.05, 4.69) is 37.6 Å². The summed E-state index contributed by atoms with van der Waals surface area (Å²) in [4.78, 5) is 5.24. The largest absolute Gasteiger partial charge is 0.304 e. The van der Waals surface area contributed by atoms with Gasteiger partial charge in [-0.3, -0.25) is 4.90 Å². The predicted molar refractivity (Wildman–Crippen MR) is 67.3 cm³/mol. The first-order chi connectivity index (χ1) is 7.22. The number of hydrogen-bond donors (Lipinski definition) is 0. The second-order valence-corrected chi connectivity index (χ2v) is 4.91. The maximum atomic E-state index is 2.77. The van der Waals surface area contributed by atoms with Crippen LogP contribution in [0.5, 0.6) is 0 Å². The first kappa shape index (κ1) is 13.0. The molecule has 0 aromatic rings. The normalized spacial score (nSPS) is 26.8. The van der Waals surface area contributed by atoms with Crippen molar-refractivity contribution in [1.29, 1.82) is 0 Å². The summed E-state index contributed by atoms with van der Waals surface area (Å²) in [7, 11) is 2.25. The van der Waals surface area contributed by atoms with Crippen LogP contribution in [0.2, 0.25) is 0 Å². The summed E-state index contributed by atoms with van der Waals surface area (Å²) in [6.45, 7) is 10.8. The second-order valence-electron chi connectivity index (χ2n) is 4.91. The average Bonchev–Trinajstić information content (AvgIpc) is 2.26. The summed E-state index contributed by atoms with van der Waals surface area (Å²) in [5.74, 6) is 0. The van der Waals surface area contributed by atoms with Gasteiger partial charge in [-0.15, -0.1) is 0 Å². The van der Waals surface area contributed by atoms with Crippen molar-refractivity contribution in [2.75, 3.05) is 26.7 Å². The molecule has 1 saturated heterocycles. The highest BCUT2D eigenvalue weighted by atomic mass is 15.3. The van der Waals surface area contributed by atoms with Gasteiger partial charge in [0.2, 0.25) is 0 Å². The third kappa shape index (κ3) is 3.46. The summed E-state index contributed by atoms with van der Waals surface area (Å²) in [5, 5.41) is 0. The van der Waals surface area contributed by atoms with Crippen molar-refractivity contribution in [2.24, 2.45) is 0 Å². The van der Waals surface area contributed by atoms with Gasteiger partial charge in [0.15, 0.2) is 0 Å². The van der Waals surface area contributed by atoms with Crippen LogP contribution >= 0.6 is 0 Å². The summed E-state index contributed by atoms with van der Waals surface area (Å²) in [6, 6.07) is 1.62. The standard InChI is InChI=1S/C13H28N2/c1-5-8-12(6-2)15-10-9-14(4)11-13(15)7-3/h12-13H,5-11H2,1-4H3. The van der Waals surface area contributed by atoms with E-state index in [1.165, 1.54) is 45.3 Å². The van der Waals surface area contributed by atoms with Crippen molar-refractivity contribution >= 4 is 0 Å². The summed E-state index contributed by atoms with van der Waals surface area (Å²) >= 11 is 0. The molecule has 0 aliphatic carbocycles. The minimum absolute atomic E-state index is 0.792. The highest BCUT2D eigenvalue weighted by Gasteiger charge is 2.28. The van der Waals surface area contributed by atoms with Gasteiger partial charge in [0.1, 0.15) is 0 Å². The molecule has 0 aromatic carbocycles. The molecular formula is C13H28N2. The monoisotopic (exact) mass is 212 g/mol. The number of hydrogen-bond acceptors (Lipinski definition) is 2. The van der Waals surface area contributed by atoms with Crippen LogP contribution in [0.25, 0.3) is 0 Å². The zero-order chi connectivity index (χ0) is 11.3. The van der Waals surface area contributed by atoms with E-state index in [1.54, 1.807) is 0 Å². The van der Waals surface area contributed by atoms with E-state index in [-0.39, 0.29) is 0 Å². The lowest BCUT2D eigenvalue weighted by Crippen LogP contribution is -2.55. The molecule has 0 spiro atoms. The third-order valence-corrected chi connectivity index (χ3v) is 3.76. The molecule has 90 valence electrons. The molecule has 2 atom stereocenters. The van der Waals surface area contributed by atoms with Crippen LogP contribution in [0.15, 0.2) is 0 Å². The fraction of sp³-hybridized carbons (Fsp3) is 1.00. The number of piperazine rings is 1. The first-order valence-corrected chi connectivity index (χ1v) is 6.67. The molecule has 0 aromatic heterocycles. The molecule has 1 fully saturated rings. The Kier molecular flexibility index (Phi) is 5.62. The van der Waals surface area contributed by atoms with E-state index in [9.17, 15) is 0 Å². The molecule has 0 bridgehead atoms. The number of rotatable bonds is 5. The van der Waals surface area contributed by atoms with Gasteiger partial charge in [-0.25, -0.2) is 0 Å². The van der Waals surface area contributed by atoms with Crippen molar-refractivity contribution in [2.45, 2.75) is 58.5 Å². The number of nitrogens with zero attached hydrogens (tertiary/aromatic N) is 2. The van der Waals surface area contributed by atoms with Gasteiger partial charge in [-0.05, 0) is 26.3 Å². The average molecular weight is 212 g/mol. The molecule has 1 heterocycles. The molecule has 1 aliphatic rings. The zero-order valence-corrected chi connectivity index (χ0v) is 11.0. The maximum Gasteiger partial charge on any atom is 0.0223 e. The summed E-state index contributed by atoms with van der Waals surface area (Å²) in [5.41, 5.74) is 0. The van der Waals surface area contributed by atoms with Crippen molar-refractivity contribution in [3.63, 3.8) is 0 Å². The molecule has 0 radical (unpaired) electrons. The Balaban J connectivity index is 2.56. The van der Waals surface area contributed by atoms with Gasteiger partial charge in [0, 0.05) is 31.7 Å². The maximum absolute atomic E-state index is 2.77. The van der Waals surface area contributed by atoms with E-state index in [1.807, 2.05) is 0 Å². The van der Waals surface area contributed by atoms with E-state index in [4.69, 9.17) is 0 Å². The van der Waals surface area contributed by atoms with E-state index >= 15 is 0 Å². The quantitative estimate of drug-likeness (QED) is 0.691. The molecule has 1 rings (SSSR count). The van der Waals surface area contributed by atoms with Crippen LogP contribution in [0.1, 0.15) is 46.5 Å². The summed E-state index contributed by atoms with van der Waals surface area (Å²) in [6.07, 6.45) is 5.30. The lowest BCUT2D eigenvalue weighted by molar-refractivity contribution is 0.0446. The van der Waals surface area contributed by atoms with Gasteiger partial charge >= 0.3 is 0 Å². The van der Waals surface area contributed by atoms with Crippen LogP contribution in [-0.2, 0) is 0 Å². The van der Waals surface area contributed by atoms with Crippen LogP contribution in [-0.4, -0.2) is 48.6 Å². The van der Waals surface area contributed by atoms with Crippen molar-refractivity contribution in [1.82, 2.24) is 9.80 Å². The Hall–Kier alpha value is -0.0800. The van der Waals surface area contributed by atoms with Gasteiger partial charge in [0.05, 0.1) is 0 Å². The lowest BCUT2D eigenvalue weighted by atomic mass is 10.0. The van der Waals surface area contributed by atoms with Crippen LogP contribution < -0.4 is 0 Å². The zero-order valence-electron chi connectivity index (χ0n) is 11.0. The van der Waals surface area contributed by atoms with Gasteiger partial charge in [-0.1, -0.05) is 27.2 Å². The van der Waals surface area contributed by atoms with Crippen molar-refractivity contribution in [3.8, 4) is 0 Å². The Morgan fingerprint density at radius 3 is 2.47 bits per heavy atom. The van der Waals surface area contributed by atoms with E-state index < -0.39 is 0 Å². The fourth-order valence-corrected chi connectivity index (χ4v) is 2.81. The minimum atomic E-state index is 0.792. The third-order valence-electron chi connectivity index (χ3n) is 3.76. The molecule has 2 nitrogen and oxygen atoms in total. The first-order valence-electron chi connectivity index (χ1n) is 6.67. The number of likely N-dealkylation sites (N-methyl/N-ethyl adjacent to an activating group) is 1. The second kappa shape index (κ2) is 6.49. The summed E-state index contributed by atoms with van der Waals surface area (Å²) < 4.78 is 0. The fourth-order valence-electron chi connectivity index (χ4n) is 2.81. The molecule has 2 unspecified atom stereocenters. The SMILES string of the molecule is CCCC(CC)N1CCN(C)CC1CC. The molecule has 0 saturated carbocycles. The molecule has 15 heavy (non-hydrogen) atoms. The van der Waals surface area contributed by atoms with Gasteiger partial charge in [-0.2, -0.15) is 0 Å². The van der Waals surface area contributed by atoms with Crippen molar-refractivity contribution < 1.29 is 0 Å². The van der Waals surface area contributed by atoms with E-state index in [0.29, 0.717) is 0 Å². The Bertz CT molecular complexity index is 164. The van der Waals surface area contributed by atoms with Crippen LogP contribution in [0, 0.1) is 0 Å². The van der Waals surface area contributed by atoms with Crippen LogP contribution in [0.4, 0.5) is 0 Å². The molecule has 1 aliphatic heterocycles. The smallest absolute Gasteiger partial charge is 0.0223 e. The minimum Gasteiger partial charge on any atom is -0.304 e. The van der Waals surface area contributed by atoms with Crippen molar-refractivity contribution in [3.05, 3.63) is 0 Å². The Morgan fingerprint density at radius 1 is 1.20 bits per heavy atom. The highest BCUT2D eigenvalue weighted by molar-refractivity contribution is 4.84.